The molecule has 0 aliphatic heterocycles. The maximum absolute atomic E-state index is 13.3. The average Bonchev–Trinajstić information content (AvgIpc) is 2.70. The lowest BCUT2D eigenvalue weighted by Gasteiger charge is -2.12. The molecule has 2 aromatic carbocycles. The molecule has 0 heterocycles. The quantitative estimate of drug-likeness (QED) is 0.571. The van der Waals surface area contributed by atoms with Gasteiger partial charge in [0.05, 0.1) is 15.4 Å². The Hall–Kier alpha value is -0.760. The zero-order valence-corrected chi connectivity index (χ0v) is 12.1. The largest absolute Gasteiger partial charge is 0.207 e. The van der Waals surface area contributed by atoms with Crippen molar-refractivity contribution in [3.63, 3.8) is 0 Å². The Morgan fingerprint density at radius 2 is 1.74 bits per heavy atom. The number of benzene rings is 2. The molecule has 1 aliphatic carbocycles. The van der Waals surface area contributed by atoms with E-state index < -0.39 is 0 Å². The summed E-state index contributed by atoms with van der Waals surface area (Å²) < 4.78 is 13.3. The molecule has 0 radical (unpaired) electrons. The van der Waals surface area contributed by atoms with Crippen molar-refractivity contribution in [1.29, 1.82) is 0 Å². The molecule has 0 amide bonds. The fourth-order valence-electron chi connectivity index (χ4n) is 2.64. The van der Waals surface area contributed by atoms with Crippen molar-refractivity contribution in [2.24, 2.45) is 0 Å². The van der Waals surface area contributed by atoms with Gasteiger partial charge in [-0.05, 0) is 47.4 Å². The summed E-state index contributed by atoms with van der Waals surface area (Å²) in [5, 5.41) is 0.899. The molecule has 0 fully saturated rings. The zero-order chi connectivity index (χ0) is 13.6. The Morgan fingerprint density at radius 3 is 2.47 bits per heavy atom. The highest BCUT2D eigenvalue weighted by atomic mass is 35.5. The van der Waals surface area contributed by atoms with E-state index in [9.17, 15) is 4.39 Å². The van der Waals surface area contributed by atoms with Crippen molar-refractivity contribution in [3.05, 3.63) is 69.0 Å². The van der Waals surface area contributed by atoms with Crippen LogP contribution in [0.1, 0.15) is 34.4 Å². The maximum Gasteiger partial charge on any atom is 0.123 e. The molecule has 0 N–H and O–H groups in total. The number of fused-ring (bicyclic) bond motifs is 1. The van der Waals surface area contributed by atoms with Crippen LogP contribution >= 0.6 is 34.8 Å². The molecule has 2 atom stereocenters. The van der Waals surface area contributed by atoms with Crippen LogP contribution in [0.4, 0.5) is 4.39 Å². The molecule has 0 bridgehead atoms. The van der Waals surface area contributed by atoms with Crippen molar-refractivity contribution in [3.8, 4) is 0 Å². The van der Waals surface area contributed by atoms with Crippen LogP contribution in [0.2, 0.25) is 10.0 Å². The van der Waals surface area contributed by atoms with Crippen molar-refractivity contribution in [1.82, 2.24) is 0 Å². The van der Waals surface area contributed by atoms with Gasteiger partial charge in [0.2, 0.25) is 0 Å². The van der Waals surface area contributed by atoms with Gasteiger partial charge in [-0.15, -0.1) is 11.6 Å². The van der Waals surface area contributed by atoms with Gasteiger partial charge < -0.3 is 0 Å². The molecule has 0 aromatic heterocycles. The first-order valence-electron chi connectivity index (χ1n) is 5.94. The standard InChI is InChI=1S/C15H10Cl3F/c16-13-4-1-8(5-15(13)18)11-7-14(17)12-6-9(19)2-3-10(11)12/h1-6,11,14H,7H2/t11-,14+/m1/s1. The van der Waals surface area contributed by atoms with Crippen LogP contribution in [0.25, 0.3) is 0 Å². The summed E-state index contributed by atoms with van der Waals surface area (Å²) in [6.07, 6.45) is 0.748. The summed E-state index contributed by atoms with van der Waals surface area (Å²) >= 11 is 18.3. The fraction of sp³-hybridized carbons (Fsp3) is 0.200. The van der Waals surface area contributed by atoms with Crippen LogP contribution < -0.4 is 0 Å². The number of rotatable bonds is 1. The van der Waals surface area contributed by atoms with E-state index in [1.807, 2.05) is 12.1 Å². The van der Waals surface area contributed by atoms with Crippen molar-refractivity contribution in [2.45, 2.75) is 17.7 Å². The Bertz CT molecular complexity index is 639. The lowest BCUT2D eigenvalue weighted by molar-refractivity contribution is 0.625. The number of alkyl halides is 1. The van der Waals surface area contributed by atoms with Gasteiger partial charge in [-0.1, -0.05) is 35.3 Å². The van der Waals surface area contributed by atoms with Gasteiger partial charge in [-0.25, -0.2) is 4.39 Å². The van der Waals surface area contributed by atoms with Crippen LogP contribution in [-0.2, 0) is 0 Å². The van der Waals surface area contributed by atoms with Crippen LogP contribution in [0, 0.1) is 5.82 Å². The average molecular weight is 316 g/mol. The molecule has 0 nitrogen and oxygen atoms in total. The van der Waals surface area contributed by atoms with Crippen LogP contribution in [0.15, 0.2) is 36.4 Å². The molecule has 0 spiro atoms. The van der Waals surface area contributed by atoms with Crippen molar-refractivity contribution >= 4 is 34.8 Å². The van der Waals surface area contributed by atoms with Crippen molar-refractivity contribution in [2.75, 3.05) is 0 Å². The Labute approximate surface area is 126 Å². The van der Waals surface area contributed by atoms with Crippen LogP contribution in [-0.4, -0.2) is 0 Å². The first-order chi connectivity index (χ1) is 9.06. The summed E-state index contributed by atoms with van der Waals surface area (Å²) in [6.45, 7) is 0. The third-order valence-electron chi connectivity index (χ3n) is 3.55. The second kappa shape index (κ2) is 4.97. The van der Waals surface area contributed by atoms with Gasteiger partial charge in [0.25, 0.3) is 0 Å². The van der Waals surface area contributed by atoms with E-state index in [1.54, 1.807) is 12.1 Å². The molecular weight excluding hydrogens is 306 g/mol. The summed E-state index contributed by atoms with van der Waals surface area (Å²) in [5.41, 5.74) is 3.00. The minimum Gasteiger partial charge on any atom is -0.207 e. The summed E-state index contributed by atoms with van der Waals surface area (Å²) in [7, 11) is 0. The number of hydrogen-bond donors (Lipinski definition) is 0. The molecule has 1 aliphatic rings. The zero-order valence-electron chi connectivity index (χ0n) is 9.84. The van der Waals surface area contributed by atoms with E-state index in [4.69, 9.17) is 34.8 Å². The number of hydrogen-bond acceptors (Lipinski definition) is 0. The second-order valence-corrected chi connectivity index (χ2v) is 6.04. The number of halogens is 4. The van der Waals surface area contributed by atoms with Gasteiger partial charge in [0.1, 0.15) is 5.82 Å². The predicted molar refractivity (Wildman–Crippen MR) is 77.9 cm³/mol. The molecule has 0 saturated heterocycles. The van der Waals surface area contributed by atoms with E-state index in [2.05, 4.69) is 0 Å². The topological polar surface area (TPSA) is 0 Å². The molecular formula is C15H10Cl3F. The van der Waals surface area contributed by atoms with Gasteiger partial charge >= 0.3 is 0 Å². The monoisotopic (exact) mass is 314 g/mol. The van der Waals surface area contributed by atoms with Gasteiger partial charge in [0.15, 0.2) is 0 Å². The highest BCUT2D eigenvalue weighted by Crippen LogP contribution is 2.47. The minimum absolute atomic E-state index is 0.146. The minimum atomic E-state index is -0.251. The highest BCUT2D eigenvalue weighted by molar-refractivity contribution is 6.42. The smallest absolute Gasteiger partial charge is 0.123 e. The van der Waals surface area contributed by atoms with E-state index in [1.165, 1.54) is 12.1 Å². The SMILES string of the molecule is Fc1ccc2c(c1)[C@@H](Cl)C[C@@H]2c1ccc(Cl)c(Cl)c1. The van der Waals surface area contributed by atoms with Crippen LogP contribution in [0.3, 0.4) is 0 Å². The van der Waals surface area contributed by atoms with Gasteiger partial charge in [-0.3, -0.25) is 0 Å². The first kappa shape index (κ1) is 13.2. The maximum atomic E-state index is 13.3. The third-order valence-corrected chi connectivity index (χ3v) is 4.70. The molecule has 19 heavy (non-hydrogen) atoms. The van der Waals surface area contributed by atoms with Crippen LogP contribution in [0.5, 0.6) is 0 Å². The summed E-state index contributed by atoms with van der Waals surface area (Å²) in [6, 6.07) is 10.4. The lowest BCUT2D eigenvalue weighted by Crippen LogP contribution is -1.96. The highest BCUT2D eigenvalue weighted by Gasteiger charge is 2.31. The molecule has 3 rings (SSSR count). The van der Waals surface area contributed by atoms with E-state index in [-0.39, 0.29) is 17.1 Å². The van der Waals surface area contributed by atoms with E-state index >= 15 is 0 Å². The molecule has 98 valence electrons. The van der Waals surface area contributed by atoms with Crippen molar-refractivity contribution < 1.29 is 4.39 Å². The molecule has 0 saturated carbocycles. The third kappa shape index (κ3) is 2.35. The Balaban J connectivity index is 2.07. The summed E-state index contributed by atoms with van der Waals surface area (Å²) in [5.74, 6) is -0.105. The Kier molecular flexibility index (Phi) is 3.46. The molecule has 2 aromatic rings. The first-order valence-corrected chi connectivity index (χ1v) is 7.14. The molecule has 4 heteroatoms. The Morgan fingerprint density at radius 1 is 0.947 bits per heavy atom. The lowest BCUT2D eigenvalue weighted by atomic mass is 9.93. The van der Waals surface area contributed by atoms with E-state index in [0.29, 0.717) is 10.0 Å². The predicted octanol–water partition coefficient (Wildman–Crippen LogP) is 5.95. The fourth-order valence-corrected chi connectivity index (χ4v) is 3.31. The van der Waals surface area contributed by atoms with Gasteiger partial charge in [0, 0.05) is 5.92 Å². The second-order valence-electron chi connectivity index (χ2n) is 4.70. The van der Waals surface area contributed by atoms with E-state index in [0.717, 1.165) is 23.1 Å². The summed E-state index contributed by atoms with van der Waals surface area (Å²) in [4.78, 5) is 0. The molecule has 0 unspecified atom stereocenters. The normalized spacial score (nSPS) is 21.5. The van der Waals surface area contributed by atoms with Gasteiger partial charge in [-0.2, -0.15) is 0 Å².